The van der Waals surface area contributed by atoms with Gasteiger partial charge in [-0.05, 0) is 106 Å². The maximum atomic E-state index is 14.6. The predicted molar refractivity (Wildman–Crippen MR) is 355 cm³/mol. The number of thioether (sulfide) groups is 1. The first-order valence-electron chi connectivity index (χ1n) is 30.1. The van der Waals surface area contributed by atoms with E-state index in [4.69, 9.17) is 40.1 Å². The number of carbonyl (C=O) groups excluding carboxylic acids is 10. The largest absolute Gasteiger partial charge is 0.508 e. The van der Waals surface area contributed by atoms with Crippen LogP contribution in [0.5, 0.6) is 5.75 Å². The number of rotatable bonds is 42. The number of carboxylic acids is 1. The SMILES string of the molecule is CSCC[C@H](NC(=O)[C@H](CS)NC(=O)[C@@H](N)CCCN=C(N)N)C(=O)N[C@@H](CC(C)C)C(=O)NCC(=O)N[C@@H](CCCN=C(N)N)C(=O)N[C@H](C(=O)N[C@@H](Cc1ccc(O)cc1)C(=O)N[C@@H](CCCN=C(N)N)C(=O)N1CCC[C@H]1C(=O)N[C@@H](CS)C(=O)O)C(C)C. The smallest absolute Gasteiger partial charge is 0.327 e. The minimum absolute atomic E-state index is 0.0153. The number of phenolic OH excluding ortho intramolecular Hbond substituents is 1. The molecule has 2 rings (SSSR count). The molecule has 516 valence electrons. The highest BCUT2D eigenvalue weighted by molar-refractivity contribution is 7.98. The first-order valence-corrected chi connectivity index (χ1v) is 32.7. The van der Waals surface area contributed by atoms with Gasteiger partial charge in [-0.25, -0.2) is 4.79 Å². The normalized spacial score (nSPS) is 15.6. The summed E-state index contributed by atoms with van der Waals surface area (Å²) >= 11 is 9.64. The molecule has 36 heteroatoms. The Morgan fingerprint density at radius 1 is 0.598 bits per heavy atom. The fourth-order valence-corrected chi connectivity index (χ4v) is 10.3. The van der Waals surface area contributed by atoms with Gasteiger partial charge < -0.3 is 103 Å². The van der Waals surface area contributed by atoms with E-state index in [1.165, 1.54) is 40.9 Å². The minimum atomic E-state index is -1.47. The summed E-state index contributed by atoms with van der Waals surface area (Å²) in [7, 11) is 0. The molecule has 10 atom stereocenters. The van der Waals surface area contributed by atoms with Crippen molar-refractivity contribution in [3.8, 4) is 5.75 Å². The van der Waals surface area contributed by atoms with Crippen molar-refractivity contribution in [1.29, 1.82) is 0 Å². The van der Waals surface area contributed by atoms with Crippen LogP contribution >= 0.6 is 37.0 Å². The summed E-state index contributed by atoms with van der Waals surface area (Å²) in [5.41, 5.74) is 39.3. The number of hydrogen-bond donors (Lipinski definition) is 20. The number of nitrogens with one attached hydrogen (secondary N) is 9. The number of guanidine groups is 3. The second-order valence-corrected chi connectivity index (χ2v) is 24.3. The quantitative estimate of drug-likeness (QED) is 0.0126. The first-order chi connectivity index (χ1) is 43.4. The summed E-state index contributed by atoms with van der Waals surface area (Å²) in [5.74, 6) is -10.7. The predicted octanol–water partition coefficient (Wildman–Crippen LogP) is -5.19. The molecule has 0 radical (unpaired) electrons. The Hall–Kier alpha value is -7.99. The summed E-state index contributed by atoms with van der Waals surface area (Å²) in [6.07, 6.45) is 3.01. The van der Waals surface area contributed by atoms with Crippen molar-refractivity contribution >= 4 is 120 Å². The zero-order valence-electron chi connectivity index (χ0n) is 52.7. The van der Waals surface area contributed by atoms with Crippen LogP contribution in [-0.2, 0) is 59.2 Å². The molecule has 1 fully saturated rings. The fraction of sp³-hybridized carbons (Fsp3) is 0.643. The lowest BCUT2D eigenvalue weighted by molar-refractivity contribution is -0.144. The molecule has 1 heterocycles. The lowest BCUT2D eigenvalue weighted by Crippen LogP contribution is -2.61. The molecule has 10 amide bonds. The number of nitrogens with zero attached hydrogens (tertiary/aromatic N) is 4. The number of aliphatic imine (C=N–C) groups is 3. The molecule has 25 N–H and O–H groups in total. The Bertz CT molecular complexity index is 2720. The maximum absolute atomic E-state index is 14.6. The minimum Gasteiger partial charge on any atom is -0.508 e. The number of carboxylic acid groups (broad SMARTS) is 1. The van der Waals surface area contributed by atoms with Crippen molar-refractivity contribution in [2.75, 3.05) is 56.2 Å². The molecule has 0 bridgehead atoms. The van der Waals surface area contributed by atoms with Gasteiger partial charge in [0.05, 0.1) is 12.6 Å². The van der Waals surface area contributed by atoms with Crippen LogP contribution in [0, 0.1) is 11.8 Å². The molecular formula is C56H96N20O13S3. The van der Waals surface area contributed by atoms with E-state index in [1.54, 1.807) is 34.0 Å². The number of nitrogens with two attached hydrogens (primary N) is 7. The average molecular weight is 1350 g/mol. The Balaban J connectivity index is 2.41. The number of carbonyl (C=O) groups is 11. The third-order valence-corrected chi connectivity index (χ3v) is 15.5. The number of thiol groups is 2. The van der Waals surface area contributed by atoms with Crippen LogP contribution in [0.4, 0.5) is 0 Å². The topological polar surface area (TPSA) is 559 Å². The number of likely N-dealkylation sites (tertiary alicyclic amines) is 1. The van der Waals surface area contributed by atoms with Crippen molar-refractivity contribution < 1.29 is 63.0 Å². The molecular weight excluding hydrogens is 1260 g/mol. The number of hydrogen-bond acceptors (Lipinski definition) is 19. The molecule has 0 unspecified atom stereocenters. The van der Waals surface area contributed by atoms with Crippen LogP contribution in [-0.4, -0.2) is 215 Å². The first kappa shape index (κ1) is 80.1. The zero-order valence-corrected chi connectivity index (χ0v) is 55.3. The van der Waals surface area contributed by atoms with Gasteiger partial charge in [-0.2, -0.15) is 37.0 Å². The van der Waals surface area contributed by atoms with E-state index in [-0.39, 0.29) is 125 Å². The van der Waals surface area contributed by atoms with Gasteiger partial charge in [-0.15, -0.1) is 0 Å². The van der Waals surface area contributed by atoms with E-state index in [2.05, 4.69) is 88.1 Å². The van der Waals surface area contributed by atoms with Crippen molar-refractivity contribution in [2.24, 2.45) is 66.9 Å². The highest BCUT2D eigenvalue weighted by Crippen LogP contribution is 2.21. The summed E-state index contributed by atoms with van der Waals surface area (Å²) in [5, 5.41) is 43.1. The Kier molecular flexibility index (Phi) is 36.7. The fourth-order valence-electron chi connectivity index (χ4n) is 9.30. The van der Waals surface area contributed by atoms with Crippen LogP contribution in [0.2, 0.25) is 0 Å². The standard InChI is InChI=1S/C56H96N20O13S3/c1-29(2)24-37(71-46(81)35(18-23-92-5)69-49(84)39(27-90)73-44(79)33(57)10-6-19-64-54(58)59)45(80)67-26-42(78)68-34(11-7-20-65-55(60)61)47(82)75-43(30(3)4)51(86)72-38(25-31-14-16-32(77)17-15-31)48(83)70-36(12-8-21-66-56(62)63)52(87)76-22-9-13-41(76)50(85)74-40(28-91)53(88)89/h14-17,29-30,33-41,43,77,90-91H,6-13,18-28,57H2,1-5H3,(H,67,80)(H,68,78)(H,69,84)(H,70,83)(H,71,81)(H,72,86)(H,73,79)(H,74,85)(H,75,82)(H,88,89)(H4,58,59,64)(H4,60,61,65)(H4,62,63,66)/t33-,34-,35-,36-,37-,38-,39-,40-,41-,43-/m0/s1. The maximum Gasteiger partial charge on any atom is 0.327 e. The average Bonchev–Trinajstić information content (AvgIpc) is 1.61. The molecule has 0 aromatic heterocycles. The van der Waals surface area contributed by atoms with E-state index >= 15 is 0 Å². The molecule has 0 saturated carbocycles. The van der Waals surface area contributed by atoms with Crippen molar-refractivity contribution in [2.45, 2.75) is 159 Å². The number of benzene rings is 1. The molecule has 33 nitrogen and oxygen atoms in total. The highest BCUT2D eigenvalue weighted by atomic mass is 32.2. The second kappa shape index (κ2) is 42.2. The van der Waals surface area contributed by atoms with Crippen LogP contribution in [0.1, 0.15) is 97.5 Å². The highest BCUT2D eigenvalue weighted by Gasteiger charge is 2.40. The van der Waals surface area contributed by atoms with Crippen molar-refractivity contribution in [3.05, 3.63) is 29.8 Å². The lowest BCUT2D eigenvalue weighted by atomic mass is 9.99. The number of aromatic hydroxyl groups is 1. The lowest BCUT2D eigenvalue weighted by Gasteiger charge is -2.31. The zero-order chi connectivity index (χ0) is 69.2. The molecule has 1 aromatic carbocycles. The third-order valence-electron chi connectivity index (χ3n) is 14.2. The number of phenols is 1. The Labute approximate surface area is 550 Å². The van der Waals surface area contributed by atoms with Gasteiger partial charge in [0.1, 0.15) is 60.1 Å². The van der Waals surface area contributed by atoms with Gasteiger partial charge in [0.2, 0.25) is 59.1 Å². The van der Waals surface area contributed by atoms with E-state index in [0.717, 1.165) is 0 Å². The number of amides is 10. The van der Waals surface area contributed by atoms with Crippen LogP contribution in [0.25, 0.3) is 0 Å². The molecule has 1 saturated heterocycles. The van der Waals surface area contributed by atoms with Gasteiger partial charge in [0.25, 0.3) is 0 Å². The van der Waals surface area contributed by atoms with E-state index < -0.39 is 138 Å². The van der Waals surface area contributed by atoms with Gasteiger partial charge in [0.15, 0.2) is 17.9 Å². The van der Waals surface area contributed by atoms with Crippen LogP contribution < -0.4 is 88.0 Å². The summed E-state index contributed by atoms with van der Waals surface area (Å²) < 4.78 is 0. The van der Waals surface area contributed by atoms with Crippen molar-refractivity contribution in [1.82, 2.24) is 52.8 Å². The molecule has 1 aliphatic heterocycles. The van der Waals surface area contributed by atoms with E-state index in [1.807, 2.05) is 0 Å². The molecule has 1 aliphatic rings. The van der Waals surface area contributed by atoms with Gasteiger partial charge >= 0.3 is 5.97 Å². The van der Waals surface area contributed by atoms with E-state index in [9.17, 15) is 63.0 Å². The molecule has 1 aromatic rings. The number of aliphatic carboxylic acids is 1. The summed E-state index contributed by atoms with van der Waals surface area (Å²) in [6.45, 7) is 6.45. The summed E-state index contributed by atoms with van der Waals surface area (Å²) in [6, 6.07) is -6.97. The molecule has 92 heavy (non-hydrogen) atoms. The van der Waals surface area contributed by atoms with Crippen molar-refractivity contribution in [3.63, 3.8) is 0 Å². The Morgan fingerprint density at radius 2 is 1.09 bits per heavy atom. The van der Waals surface area contributed by atoms with Gasteiger partial charge in [0, 0.05) is 44.1 Å². The Morgan fingerprint density at radius 3 is 1.62 bits per heavy atom. The second-order valence-electron chi connectivity index (χ2n) is 22.6. The van der Waals surface area contributed by atoms with E-state index in [0.29, 0.717) is 24.2 Å². The molecule has 0 aliphatic carbocycles. The third kappa shape index (κ3) is 30.0. The van der Waals surface area contributed by atoms with Gasteiger partial charge in [-0.1, -0.05) is 39.8 Å². The van der Waals surface area contributed by atoms with Crippen LogP contribution in [0.3, 0.4) is 0 Å². The van der Waals surface area contributed by atoms with Gasteiger partial charge in [-0.3, -0.25) is 62.9 Å². The monoisotopic (exact) mass is 1350 g/mol. The molecule has 0 spiro atoms. The van der Waals surface area contributed by atoms with Crippen LogP contribution in [0.15, 0.2) is 39.2 Å². The summed E-state index contributed by atoms with van der Waals surface area (Å²) in [4.78, 5) is 164.